The molecule has 0 saturated carbocycles. The van der Waals surface area contributed by atoms with E-state index in [2.05, 4.69) is 45.1 Å². The number of halogens is 1. The smallest absolute Gasteiger partial charge is 0.0595 e. The minimum Gasteiger partial charge on any atom is -0.381 e. The van der Waals surface area contributed by atoms with E-state index in [-0.39, 0.29) is 0 Å². The number of rotatable bonds is 4. The first kappa shape index (κ1) is 13.1. The number of piperidine rings is 1. The van der Waals surface area contributed by atoms with Gasteiger partial charge >= 0.3 is 0 Å². The Morgan fingerprint density at radius 2 is 1.88 bits per heavy atom. The first-order chi connectivity index (χ1) is 8.28. The van der Waals surface area contributed by atoms with E-state index in [0.717, 1.165) is 17.4 Å². The Morgan fingerprint density at radius 1 is 1.24 bits per heavy atom. The Bertz CT molecular complexity index is 331. The molecule has 2 rings (SSSR count). The van der Waals surface area contributed by atoms with Crippen LogP contribution < -0.4 is 0 Å². The molecule has 1 aliphatic rings. The Kier molecular flexibility index (Phi) is 5.01. The van der Waals surface area contributed by atoms with Crippen molar-refractivity contribution in [2.75, 3.05) is 26.7 Å². The number of hydrogen-bond donors (Lipinski definition) is 0. The van der Waals surface area contributed by atoms with Crippen molar-refractivity contribution in [2.24, 2.45) is 0 Å². The number of nitrogens with zero attached hydrogens (tertiary/aromatic N) is 1. The summed E-state index contributed by atoms with van der Waals surface area (Å²) in [5, 5.41) is 0. The molecule has 0 aliphatic carbocycles. The highest BCUT2D eigenvalue weighted by Gasteiger charge is 2.17. The second-order valence-electron chi connectivity index (χ2n) is 4.65. The van der Waals surface area contributed by atoms with E-state index >= 15 is 0 Å². The average Bonchev–Trinajstić information content (AvgIpc) is 2.39. The normalized spacial score (nSPS) is 18.5. The molecular formula is C14H20BrNO. The molecular weight excluding hydrogens is 278 g/mol. The monoisotopic (exact) mass is 297 g/mol. The topological polar surface area (TPSA) is 12.5 Å². The summed E-state index contributed by atoms with van der Waals surface area (Å²) < 4.78 is 6.54. The van der Waals surface area contributed by atoms with Gasteiger partial charge in [0.1, 0.15) is 0 Å². The third-order valence-electron chi connectivity index (χ3n) is 3.50. The molecule has 0 radical (unpaired) electrons. The predicted molar refractivity (Wildman–Crippen MR) is 74.3 cm³/mol. The van der Waals surface area contributed by atoms with Gasteiger partial charge in [-0.05, 0) is 37.0 Å². The maximum atomic E-state index is 5.38. The lowest BCUT2D eigenvalue weighted by atomic mass is 10.1. The largest absolute Gasteiger partial charge is 0.381 e. The SMILES string of the molecule is COC1CCN(CCc2ccc(Br)cc2)CC1. The predicted octanol–water partition coefficient (Wildman–Crippen LogP) is 3.10. The number of likely N-dealkylation sites (tertiary alicyclic amines) is 1. The Labute approximate surface area is 112 Å². The van der Waals surface area contributed by atoms with Crippen LogP contribution in [0, 0.1) is 0 Å². The maximum Gasteiger partial charge on any atom is 0.0595 e. The fourth-order valence-corrected chi connectivity index (χ4v) is 2.57. The number of benzene rings is 1. The zero-order chi connectivity index (χ0) is 12.1. The molecule has 1 aromatic rings. The van der Waals surface area contributed by atoms with Crippen molar-refractivity contribution in [3.63, 3.8) is 0 Å². The van der Waals surface area contributed by atoms with Gasteiger partial charge in [0.25, 0.3) is 0 Å². The van der Waals surface area contributed by atoms with Crippen molar-refractivity contribution in [2.45, 2.75) is 25.4 Å². The molecule has 0 N–H and O–H groups in total. The molecule has 0 spiro atoms. The summed E-state index contributed by atoms with van der Waals surface area (Å²) in [6.07, 6.45) is 3.98. The molecule has 2 nitrogen and oxygen atoms in total. The fraction of sp³-hybridized carbons (Fsp3) is 0.571. The molecule has 0 bridgehead atoms. The lowest BCUT2D eigenvalue weighted by Crippen LogP contribution is -2.37. The van der Waals surface area contributed by atoms with Crippen molar-refractivity contribution in [1.82, 2.24) is 4.90 Å². The summed E-state index contributed by atoms with van der Waals surface area (Å²) in [4.78, 5) is 2.54. The number of ether oxygens (including phenoxy) is 1. The number of hydrogen-bond acceptors (Lipinski definition) is 2. The molecule has 0 atom stereocenters. The summed E-state index contributed by atoms with van der Waals surface area (Å²) in [5.41, 5.74) is 1.42. The van der Waals surface area contributed by atoms with Gasteiger partial charge in [-0.2, -0.15) is 0 Å². The van der Waals surface area contributed by atoms with E-state index in [1.807, 2.05) is 7.11 Å². The molecule has 1 fully saturated rings. The van der Waals surface area contributed by atoms with Crippen LogP contribution in [0.5, 0.6) is 0 Å². The van der Waals surface area contributed by atoms with Crippen LogP contribution in [0.25, 0.3) is 0 Å². The standard InChI is InChI=1S/C14H20BrNO/c1-17-14-7-10-16(11-8-14)9-6-12-2-4-13(15)5-3-12/h2-5,14H,6-11H2,1H3. The quantitative estimate of drug-likeness (QED) is 0.847. The second-order valence-corrected chi connectivity index (χ2v) is 5.57. The minimum absolute atomic E-state index is 0.485. The summed E-state index contributed by atoms with van der Waals surface area (Å²) in [5.74, 6) is 0. The van der Waals surface area contributed by atoms with Crippen molar-refractivity contribution < 1.29 is 4.74 Å². The summed E-state index contributed by atoms with van der Waals surface area (Å²) in [6, 6.07) is 8.64. The molecule has 0 amide bonds. The van der Waals surface area contributed by atoms with E-state index in [1.165, 1.54) is 31.5 Å². The van der Waals surface area contributed by atoms with Crippen LogP contribution in [0.2, 0.25) is 0 Å². The average molecular weight is 298 g/mol. The third kappa shape index (κ3) is 4.09. The zero-order valence-electron chi connectivity index (χ0n) is 10.4. The van der Waals surface area contributed by atoms with Crippen LogP contribution in [0.15, 0.2) is 28.7 Å². The molecule has 0 aromatic heterocycles. The van der Waals surface area contributed by atoms with Gasteiger partial charge in [-0.15, -0.1) is 0 Å². The molecule has 1 saturated heterocycles. The Hall–Kier alpha value is -0.380. The molecule has 0 unspecified atom stereocenters. The molecule has 1 aromatic carbocycles. The second kappa shape index (κ2) is 6.53. The van der Waals surface area contributed by atoms with E-state index < -0.39 is 0 Å². The van der Waals surface area contributed by atoms with Crippen LogP contribution in [0.4, 0.5) is 0 Å². The van der Waals surface area contributed by atoms with Crippen molar-refractivity contribution >= 4 is 15.9 Å². The zero-order valence-corrected chi connectivity index (χ0v) is 11.9. The lowest BCUT2D eigenvalue weighted by molar-refractivity contribution is 0.0415. The van der Waals surface area contributed by atoms with Gasteiger partial charge in [-0.25, -0.2) is 0 Å². The van der Waals surface area contributed by atoms with E-state index in [4.69, 9.17) is 4.74 Å². The van der Waals surface area contributed by atoms with Crippen molar-refractivity contribution in [3.05, 3.63) is 34.3 Å². The summed E-state index contributed by atoms with van der Waals surface area (Å²) >= 11 is 3.46. The van der Waals surface area contributed by atoms with Crippen LogP contribution >= 0.6 is 15.9 Å². The highest BCUT2D eigenvalue weighted by molar-refractivity contribution is 9.10. The maximum absolute atomic E-state index is 5.38. The van der Waals surface area contributed by atoms with Gasteiger partial charge in [0, 0.05) is 31.2 Å². The molecule has 94 valence electrons. The molecule has 1 aliphatic heterocycles. The minimum atomic E-state index is 0.485. The fourth-order valence-electron chi connectivity index (χ4n) is 2.31. The van der Waals surface area contributed by atoms with Gasteiger partial charge < -0.3 is 9.64 Å². The number of methoxy groups -OCH3 is 1. The van der Waals surface area contributed by atoms with Gasteiger partial charge in [-0.3, -0.25) is 0 Å². The first-order valence-corrected chi connectivity index (χ1v) is 7.07. The Morgan fingerprint density at radius 3 is 2.47 bits per heavy atom. The van der Waals surface area contributed by atoms with Crippen LogP contribution in [-0.4, -0.2) is 37.7 Å². The summed E-state index contributed by atoms with van der Waals surface area (Å²) in [6.45, 7) is 3.52. The molecule has 1 heterocycles. The van der Waals surface area contributed by atoms with Crippen LogP contribution in [0.1, 0.15) is 18.4 Å². The van der Waals surface area contributed by atoms with Gasteiger partial charge in [0.15, 0.2) is 0 Å². The van der Waals surface area contributed by atoms with Crippen LogP contribution in [0.3, 0.4) is 0 Å². The molecule has 3 heteroatoms. The Balaban J connectivity index is 1.74. The highest BCUT2D eigenvalue weighted by Crippen LogP contribution is 2.14. The van der Waals surface area contributed by atoms with E-state index in [9.17, 15) is 0 Å². The third-order valence-corrected chi connectivity index (χ3v) is 4.03. The van der Waals surface area contributed by atoms with Crippen LogP contribution in [-0.2, 0) is 11.2 Å². The van der Waals surface area contributed by atoms with Crippen molar-refractivity contribution in [1.29, 1.82) is 0 Å². The van der Waals surface area contributed by atoms with Gasteiger partial charge in [0.2, 0.25) is 0 Å². The van der Waals surface area contributed by atoms with Crippen molar-refractivity contribution in [3.8, 4) is 0 Å². The van der Waals surface area contributed by atoms with E-state index in [1.54, 1.807) is 0 Å². The van der Waals surface area contributed by atoms with Gasteiger partial charge in [-0.1, -0.05) is 28.1 Å². The van der Waals surface area contributed by atoms with E-state index in [0.29, 0.717) is 6.10 Å². The molecule has 17 heavy (non-hydrogen) atoms. The van der Waals surface area contributed by atoms with Gasteiger partial charge in [0.05, 0.1) is 6.10 Å². The lowest BCUT2D eigenvalue weighted by Gasteiger charge is -2.31. The highest BCUT2D eigenvalue weighted by atomic mass is 79.9. The first-order valence-electron chi connectivity index (χ1n) is 6.27. The summed E-state index contributed by atoms with van der Waals surface area (Å²) in [7, 11) is 1.82.